The third-order valence-corrected chi connectivity index (χ3v) is 20.5. The molecular formula is C41H64O7Si2. The third-order valence-electron chi connectivity index (χ3n) is 11.0. The Hall–Kier alpha value is -2.57. The molecule has 0 bridgehead atoms. The molecule has 2 aromatic rings. The Balaban J connectivity index is 2.06. The molecule has 0 N–H and O–H groups in total. The van der Waals surface area contributed by atoms with Gasteiger partial charge < -0.3 is 23.1 Å². The van der Waals surface area contributed by atoms with Gasteiger partial charge in [0.25, 0.3) is 8.32 Å². The number of carbonyl (C=O) groups excluding carboxylic acids is 2. The number of cyclic esters (lactones) is 1. The van der Waals surface area contributed by atoms with Gasteiger partial charge in [-0.3, -0.25) is 4.79 Å². The zero-order chi connectivity index (χ0) is 37.5. The molecule has 7 nitrogen and oxygen atoms in total. The highest BCUT2D eigenvalue weighted by atomic mass is 28.4. The zero-order valence-corrected chi connectivity index (χ0v) is 34.9. The van der Waals surface area contributed by atoms with E-state index >= 15 is 0 Å². The number of carbonyl (C=O) groups is 2. The Morgan fingerprint density at radius 2 is 1.44 bits per heavy atom. The molecule has 0 aromatic heterocycles. The highest BCUT2D eigenvalue weighted by Gasteiger charge is 2.51. The van der Waals surface area contributed by atoms with Crippen molar-refractivity contribution in [1.29, 1.82) is 0 Å². The maximum absolute atomic E-state index is 13.9. The minimum Gasteiger partial charge on any atom is -0.466 e. The van der Waals surface area contributed by atoms with Gasteiger partial charge in [0.15, 0.2) is 14.4 Å². The summed E-state index contributed by atoms with van der Waals surface area (Å²) in [6, 6.07) is 21.1. The highest BCUT2D eigenvalue weighted by molar-refractivity contribution is 6.99. The summed E-state index contributed by atoms with van der Waals surface area (Å²) in [5, 5.41) is 2.18. The molecule has 0 radical (unpaired) electrons. The average Bonchev–Trinajstić information content (AvgIpc) is 3.05. The maximum Gasteiger partial charge on any atom is 0.339 e. The fourth-order valence-electron chi connectivity index (χ4n) is 6.92. The highest BCUT2D eigenvalue weighted by Crippen LogP contribution is 2.41. The van der Waals surface area contributed by atoms with Gasteiger partial charge in [-0.15, -0.1) is 0 Å². The maximum atomic E-state index is 13.9. The molecule has 0 spiro atoms. The molecule has 9 heteroatoms. The lowest BCUT2D eigenvalue weighted by molar-refractivity contribution is -0.167. The van der Waals surface area contributed by atoms with Gasteiger partial charge in [-0.25, -0.2) is 4.79 Å². The normalized spacial score (nSPS) is 25.6. The molecule has 0 saturated carbocycles. The van der Waals surface area contributed by atoms with Gasteiger partial charge >= 0.3 is 11.9 Å². The fraction of sp³-hybridized carbons (Fsp3) is 0.610. The summed E-state index contributed by atoms with van der Waals surface area (Å²) >= 11 is 0. The van der Waals surface area contributed by atoms with Crippen LogP contribution in [0, 0.1) is 23.7 Å². The predicted octanol–water partition coefficient (Wildman–Crippen LogP) is 7.93. The Labute approximate surface area is 304 Å². The number of benzene rings is 2. The van der Waals surface area contributed by atoms with E-state index in [0.717, 1.165) is 0 Å². The molecule has 1 aliphatic rings. The summed E-state index contributed by atoms with van der Waals surface area (Å²) in [5.74, 6) is -1.16. The molecule has 278 valence electrons. The summed E-state index contributed by atoms with van der Waals surface area (Å²) in [7, 11) is -3.50. The molecule has 7 atom stereocenters. The number of hydrogen-bond acceptors (Lipinski definition) is 7. The van der Waals surface area contributed by atoms with Gasteiger partial charge in [-0.2, -0.15) is 0 Å². The number of methoxy groups -OCH3 is 1. The monoisotopic (exact) mass is 724 g/mol. The quantitative estimate of drug-likeness (QED) is 0.132. The van der Waals surface area contributed by atoms with Gasteiger partial charge in [-0.05, 0) is 63.8 Å². The number of hydrogen-bond donors (Lipinski definition) is 0. The molecule has 1 heterocycles. The Bertz CT molecular complexity index is 1360. The zero-order valence-electron chi connectivity index (χ0n) is 32.9. The van der Waals surface area contributed by atoms with E-state index in [1.54, 1.807) is 6.08 Å². The van der Waals surface area contributed by atoms with Crippen molar-refractivity contribution in [3.05, 3.63) is 72.8 Å². The van der Waals surface area contributed by atoms with Crippen LogP contribution in [0.4, 0.5) is 0 Å². The van der Waals surface area contributed by atoms with Gasteiger partial charge in [0, 0.05) is 26.6 Å². The molecule has 2 aromatic carbocycles. The third kappa shape index (κ3) is 10.1. The van der Waals surface area contributed by atoms with Crippen LogP contribution in [0.2, 0.25) is 23.2 Å². The minimum absolute atomic E-state index is 0.00239. The smallest absolute Gasteiger partial charge is 0.339 e. The summed E-state index contributed by atoms with van der Waals surface area (Å²) in [6.45, 7) is 26.3. The summed E-state index contributed by atoms with van der Waals surface area (Å²) in [6.07, 6.45) is 2.81. The largest absolute Gasteiger partial charge is 0.466 e. The lowest BCUT2D eigenvalue weighted by Crippen LogP contribution is -2.67. The lowest BCUT2D eigenvalue weighted by Gasteiger charge is -2.44. The van der Waals surface area contributed by atoms with E-state index in [2.05, 4.69) is 124 Å². The van der Waals surface area contributed by atoms with E-state index in [4.69, 9.17) is 23.1 Å². The molecule has 0 amide bonds. The minimum atomic E-state index is -2.85. The molecule has 0 saturated heterocycles. The van der Waals surface area contributed by atoms with Crippen LogP contribution in [0.5, 0.6) is 0 Å². The van der Waals surface area contributed by atoms with Gasteiger partial charge in [0.2, 0.25) is 0 Å². The van der Waals surface area contributed by atoms with Crippen molar-refractivity contribution in [2.45, 2.75) is 117 Å². The van der Waals surface area contributed by atoms with Crippen LogP contribution >= 0.6 is 0 Å². The SMILES string of the molecule is CO[C@@H]1/C=C/[C@@H](O[Si](C)(C)C(C)(C)C)[C@H](C)C[C@H](COC(C)=O)[C@H](C)C([C@H](C)CO[Si](c2ccccc2)(c2ccccc2)C(C)(C)C)OC1=O. The lowest BCUT2D eigenvalue weighted by atomic mass is 9.78. The van der Waals surface area contributed by atoms with E-state index in [1.807, 2.05) is 18.2 Å². The predicted molar refractivity (Wildman–Crippen MR) is 208 cm³/mol. The molecule has 50 heavy (non-hydrogen) atoms. The number of esters is 2. The van der Waals surface area contributed by atoms with Crippen LogP contribution in [-0.2, 0) is 32.7 Å². The second kappa shape index (κ2) is 17.3. The Morgan fingerprint density at radius 3 is 1.90 bits per heavy atom. The van der Waals surface area contributed by atoms with E-state index < -0.39 is 34.8 Å². The van der Waals surface area contributed by atoms with Crippen molar-refractivity contribution >= 4 is 38.9 Å². The van der Waals surface area contributed by atoms with E-state index in [1.165, 1.54) is 24.4 Å². The first-order chi connectivity index (χ1) is 23.2. The van der Waals surface area contributed by atoms with Crippen LogP contribution in [0.3, 0.4) is 0 Å². The first-order valence-electron chi connectivity index (χ1n) is 18.2. The Morgan fingerprint density at radius 1 is 0.900 bits per heavy atom. The summed E-state index contributed by atoms with van der Waals surface area (Å²) in [4.78, 5) is 26.0. The van der Waals surface area contributed by atoms with Crippen LogP contribution < -0.4 is 10.4 Å². The van der Waals surface area contributed by atoms with Gasteiger partial charge in [-0.1, -0.05) is 129 Å². The molecular weight excluding hydrogens is 661 g/mol. The van der Waals surface area contributed by atoms with E-state index in [-0.39, 0.29) is 52.4 Å². The molecule has 1 unspecified atom stereocenters. The second-order valence-corrected chi connectivity index (χ2v) is 25.9. The summed E-state index contributed by atoms with van der Waals surface area (Å²) < 4.78 is 32.1. The first-order valence-corrected chi connectivity index (χ1v) is 23.0. The molecule has 1 aliphatic heterocycles. The van der Waals surface area contributed by atoms with Crippen molar-refractivity contribution in [3.8, 4) is 0 Å². The topological polar surface area (TPSA) is 80.3 Å². The van der Waals surface area contributed by atoms with Crippen molar-refractivity contribution in [2.75, 3.05) is 20.3 Å². The van der Waals surface area contributed by atoms with Crippen LogP contribution in [0.1, 0.15) is 75.7 Å². The van der Waals surface area contributed by atoms with Crippen molar-refractivity contribution in [3.63, 3.8) is 0 Å². The van der Waals surface area contributed by atoms with Crippen molar-refractivity contribution in [2.24, 2.45) is 23.7 Å². The van der Waals surface area contributed by atoms with Crippen LogP contribution in [-0.4, -0.2) is 67.2 Å². The van der Waals surface area contributed by atoms with Gasteiger partial charge in [0.05, 0.1) is 12.7 Å². The van der Waals surface area contributed by atoms with Crippen LogP contribution in [0.25, 0.3) is 0 Å². The summed E-state index contributed by atoms with van der Waals surface area (Å²) in [5.41, 5.74) is 0. The second-order valence-electron chi connectivity index (χ2n) is 16.9. The van der Waals surface area contributed by atoms with Crippen molar-refractivity contribution in [1.82, 2.24) is 0 Å². The molecule has 0 aliphatic carbocycles. The Kier molecular flexibility index (Phi) is 14.5. The van der Waals surface area contributed by atoms with E-state index in [0.29, 0.717) is 13.0 Å². The standard InChI is InChI=1S/C41H64O7Si2/c1-29-26-33(28-45-32(4)42)31(3)38(47-39(43)37(44-11)25-24-36(29)48-49(12,13)40(5,6)7)30(2)27-46-50(41(8,9)10,34-20-16-14-17-21-34)35-22-18-15-19-23-35/h14-25,29-31,33,36-38H,26-28H2,1-13H3/b25-24+/t29-,30-,31+,33-,36-,37-,38?/m1/s1. The van der Waals surface area contributed by atoms with E-state index in [9.17, 15) is 9.59 Å². The first kappa shape index (κ1) is 41.9. The van der Waals surface area contributed by atoms with Crippen molar-refractivity contribution < 1.29 is 32.7 Å². The number of ether oxygens (including phenoxy) is 3. The molecule has 3 rings (SSSR count). The number of rotatable bonds is 11. The van der Waals surface area contributed by atoms with Crippen LogP contribution in [0.15, 0.2) is 72.8 Å². The molecule has 0 fully saturated rings. The fourth-order valence-corrected chi connectivity index (χ4v) is 12.9. The average molecular weight is 725 g/mol. The van der Waals surface area contributed by atoms with Gasteiger partial charge in [0.1, 0.15) is 6.10 Å².